The summed E-state index contributed by atoms with van der Waals surface area (Å²) in [5.74, 6) is 0.922. The molecule has 0 radical (unpaired) electrons. The van der Waals surface area contributed by atoms with Crippen molar-refractivity contribution in [3.8, 4) is 11.5 Å². The van der Waals surface area contributed by atoms with Crippen molar-refractivity contribution in [3.05, 3.63) is 57.6 Å². The third kappa shape index (κ3) is 4.57. The fraction of sp³-hybridized carbons (Fsp3) is 0.278. The van der Waals surface area contributed by atoms with Crippen LogP contribution in [-0.2, 0) is 6.54 Å². The zero-order chi connectivity index (χ0) is 18.4. The molecule has 2 rings (SSSR count). The molecular formula is C18H19Cl2NO4. The van der Waals surface area contributed by atoms with Crippen LogP contribution < -0.4 is 9.47 Å². The van der Waals surface area contributed by atoms with Gasteiger partial charge in [0.25, 0.3) is 5.91 Å². The van der Waals surface area contributed by atoms with Gasteiger partial charge in [-0.05, 0) is 24.3 Å². The summed E-state index contributed by atoms with van der Waals surface area (Å²) in [5, 5.41) is 9.84. The van der Waals surface area contributed by atoms with Gasteiger partial charge in [0.1, 0.15) is 11.5 Å². The highest BCUT2D eigenvalue weighted by Crippen LogP contribution is 2.29. The number of halogens is 2. The lowest BCUT2D eigenvalue weighted by molar-refractivity contribution is 0.0706. The summed E-state index contributed by atoms with van der Waals surface area (Å²) < 4.78 is 10.5. The second-order valence-corrected chi connectivity index (χ2v) is 6.01. The lowest BCUT2D eigenvalue weighted by Gasteiger charge is -2.24. The first-order valence-corrected chi connectivity index (χ1v) is 8.32. The topological polar surface area (TPSA) is 59.0 Å². The van der Waals surface area contributed by atoms with E-state index in [0.29, 0.717) is 16.5 Å². The Kier molecular flexibility index (Phi) is 6.93. The normalized spacial score (nSPS) is 10.4. The highest BCUT2D eigenvalue weighted by atomic mass is 35.5. The molecule has 0 aliphatic heterocycles. The molecule has 0 saturated carbocycles. The number of carbonyl (C=O) groups is 1. The van der Waals surface area contributed by atoms with Gasteiger partial charge in [-0.25, -0.2) is 0 Å². The lowest BCUT2D eigenvalue weighted by Crippen LogP contribution is -2.33. The maximum absolute atomic E-state index is 12.8. The molecule has 0 bridgehead atoms. The predicted octanol–water partition coefficient (Wildman–Crippen LogP) is 3.65. The molecule has 0 fully saturated rings. The van der Waals surface area contributed by atoms with Gasteiger partial charge < -0.3 is 19.5 Å². The third-order valence-electron chi connectivity index (χ3n) is 3.69. The van der Waals surface area contributed by atoms with Crippen LogP contribution in [0, 0.1) is 0 Å². The fourth-order valence-corrected chi connectivity index (χ4v) is 2.78. The summed E-state index contributed by atoms with van der Waals surface area (Å²) >= 11 is 12.1. The second kappa shape index (κ2) is 8.94. The molecule has 5 nitrogen and oxygen atoms in total. The van der Waals surface area contributed by atoms with Crippen molar-refractivity contribution in [2.24, 2.45) is 0 Å². The summed E-state index contributed by atoms with van der Waals surface area (Å²) in [6, 6.07) is 10.2. The minimum Gasteiger partial charge on any atom is -0.497 e. The van der Waals surface area contributed by atoms with Crippen molar-refractivity contribution >= 4 is 29.1 Å². The van der Waals surface area contributed by atoms with Crippen molar-refractivity contribution in [1.82, 2.24) is 4.90 Å². The van der Waals surface area contributed by atoms with E-state index in [1.165, 1.54) is 4.90 Å². The van der Waals surface area contributed by atoms with E-state index in [9.17, 15) is 9.90 Å². The van der Waals surface area contributed by atoms with Crippen molar-refractivity contribution in [1.29, 1.82) is 0 Å². The number of hydrogen-bond acceptors (Lipinski definition) is 4. The third-order valence-corrected chi connectivity index (χ3v) is 4.51. The van der Waals surface area contributed by atoms with Crippen LogP contribution in [0.2, 0.25) is 10.0 Å². The highest BCUT2D eigenvalue weighted by molar-refractivity contribution is 6.43. The Morgan fingerprint density at radius 2 is 1.92 bits per heavy atom. The molecule has 2 aromatic carbocycles. The predicted molar refractivity (Wildman–Crippen MR) is 97.8 cm³/mol. The minimum absolute atomic E-state index is 0.150. The monoisotopic (exact) mass is 383 g/mol. The van der Waals surface area contributed by atoms with Crippen LogP contribution >= 0.6 is 23.2 Å². The maximum atomic E-state index is 12.8. The summed E-state index contributed by atoms with van der Waals surface area (Å²) in [4.78, 5) is 14.3. The zero-order valence-corrected chi connectivity index (χ0v) is 15.5. The van der Waals surface area contributed by atoms with Crippen molar-refractivity contribution in [2.45, 2.75) is 6.54 Å². The van der Waals surface area contributed by atoms with Gasteiger partial charge in [-0.3, -0.25) is 4.79 Å². The Labute approximate surface area is 156 Å². The standard InChI is InChI=1S/C18H19Cl2NO4/c1-24-13-7-6-12(16(10-13)25-2)11-21(8-9-22)18(23)14-4-3-5-15(19)17(14)20/h3-7,10,22H,8-9,11H2,1-2H3. The first-order valence-electron chi connectivity index (χ1n) is 7.56. The van der Waals surface area contributed by atoms with Gasteiger partial charge in [0.2, 0.25) is 0 Å². The number of carbonyl (C=O) groups excluding carboxylic acids is 1. The Morgan fingerprint density at radius 1 is 1.16 bits per heavy atom. The summed E-state index contributed by atoms with van der Waals surface area (Å²) in [6.45, 7) is 0.217. The summed E-state index contributed by atoms with van der Waals surface area (Å²) in [5.41, 5.74) is 1.07. The number of rotatable bonds is 7. The molecule has 0 spiro atoms. The molecule has 2 aromatic rings. The average Bonchev–Trinajstić information content (AvgIpc) is 2.63. The largest absolute Gasteiger partial charge is 0.497 e. The van der Waals surface area contributed by atoms with Crippen LogP contribution in [0.3, 0.4) is 0 Å². The number of benzene rings is 2. The molecule has 134 valence electrons. The molecule has 0 aromatic heterocycles. The molecule has 0 saturated heterocycles. The molecule has 0 aliphatic rings. The molecule has 0 heterocycles. The van der Waals surface area contributed by atoms with E-state index in [1.807, 2.05) is 6.07 Å². The quantitative estimate of drug-likeness (QED) is 0.792. The second-order valence-electron chi connectivity index (χ2n) is 5.23. The fourth-order valence-electron chi connectivity index (χ4n) is 2.40. The van der Waals surface area contributed by atoms with E-state index < -0.39 is 0 Å². The molecule has 0 unspecified atom stereocenters. The molecule has 7 heteroatoms. The summed E-state index contributed by atoms with van der Waals surface area (Å²) in [7, 11) is 3.11. The van der Waals surface area contributed by atoms with E-state index in [-0.39, 0.29) is 36.2 Å². The minimum atomic E-state index is -0.320. The van der Waals surface area contributed by atoms with Gasteiger partial charge in [0, 0.05) is 24.7 Å². The van der Waals surface area contributed by atoms with Crippen LogP contribution in [0.25, 0.3) is 0 Å². The van der Waals surface area contributed by atoms with Crippen LogP contribution in [0.5, 0.6) is 11.5 Å². The number of hydrogen-bond donors (Lipinski definition) is 1. The number of ether oxygens (including phenoxy) is 2. The van der Waals surface area contributed by atoms with Crippen LogP contribution in [-0.4, -0.2) is 43.3 Å². The van der Waals surface area contributed by atoms with Crippen molar-refractivity contribution in [2.75, 3.05) is 27.4 Å². The van der Waals surface area contributed by atoms with E-state index in [0.717, 1.165) is 5.56 Å². The van der Waals surface area contributed by atoms with Gasteiger partial charge >= 0.3 is 0 Å². The Balaban J connectivity index is 2.32. The van der Waals surface area contributed by atoms with E-state index in [1.54, 1.807) is 44.6 Å². The molecule has 0 aliphatic carbocycles. The van der Waals surface area contributed by atoms with Crippen molar-refractivity contribution < 1.29 is 19.4 Å². The van der Waals surface area contributed by atoms with E-state index >= 15 is 0 Å². The number of nitrogens with zero attached hydrogens (tertiary/aromatic N) is 1. The molecule has 0 atom stereocenters. The Morgan fingerprint density at radius 3 is 2.56 bits per heavy atom. The first kappa shape index (κ1) is 19.4. The molecule has 1 amide bonds. The Hall–Kier alpha value is -1.95. The van der Waals surface area contributed by atoms with Crippen molar-refractivity contribution in [3.63, 3.8) is 0 Å². The van der Waals surface area contributed by atoms with Gasteiger partial charge in [-0.2, -0.15) is 0 Å². The maximum Gasteiger partial charge on any atom is 0.255 e. The lowest BCUT2D eigenvalue weighted by atomic mass is 10.1. The van der Waals surface area contributed by atoms with Crippen LogP contribution in [0.4, 0.5) is 0 Å². The smallest absolute Gasteiger partial charge is 0.255 e. The highest BCUT2D eigenvalue weighted by Gasteiger charge is 2.21. The number of amides is 1. The molecular weight excluding hydrogens is 365 g/mol. The van der Waals surface area contributed by atoms with E-state index in [2.05, 4.69) is 0 Å². The van der Waals surface area contributed by atoms with Crippen LogP contribution in [0.15, 0.2) is 36.4 Å². The number of methoxy groups -OCH3 is 2. The van der Waals surface area contributed by atoms with Gasteiger partial charge in [0.05, 0.1) is 36.4 Å². The zero-order valence-electron chi connectivity index (χ0n) is 14.0. The molecule has 1 N–H and O–H groups in total. The van der Waals surface area contributed by atoms with Gasteiger partial charge in [0.15, 0.2) is 0 Å². The average molecular weight is 384 g/mol. The Bertz CT molecular complexity index is 752. The first-order chi connectivity index (χ1) is 12.0. The number of aliphatic hydroxyl groups excluding tert-OH is 1. The number of aliphatic hydroxyl groups is 1. The SMILES string of the molecule is COc1ccc(CN(CCO)C(=O)c2cccc(Cl)c2Cl)c(OC)c1. The van der Waals surface area contributed by atoms with E-state index in [4.69, 9.17) is 32.7 Å². The van der Waals surface area contributed by atoms with Crippen LogP contribution in [0.1, 0.15) is 15.9 Å². The summed E-state index contributed by atoms with van der Waals surface area (Å²) in [6.07, 6.45) is 0. The van der Waals surface area contributed by atoms with Gasteiger partial charge in [-0.1, -0.05) is 29.3 Å². The van der Waals surface area contributed by atoms with Gasteiger partial charge in [-0.15, -0.1) is 0 Å². The molecule has 25 heavy (non-hydrogen) atoms.